The number of hydrogen-bond acceptors (Lipinski definition) is 2. The zero-order valence-electron chi connectivity index (χ0n) is 9.90. The summed E-state index contributed by atoms with van der Waals surface area (Å²) in [5.74, 6) is 0.899. The highest BCUT2D eigenvalue weighted by Gasteiger charge is 2.14. The van der Waals surface area contributed by atoms with Crippen LogP contribution in [-0.4, -0.2) is 18.8 Å². The number of rotatable bonds is 3. The highest BCUT2D eigenvalue weighted by Crippen LogP contribution is 2.34. The Hall–Kier alpha value is -1.06. The minimum atomic E-state index is 0.0647. The van der Waals surface area contributed by atoms with Crippen LogP contribution in [0.4, 0.5) is 0 Å². The molecule has 0 heterocycles. The number of aliphatic hydroxyl groups excluding tert-OH is 1. The smallest absolute Gasteiger partial charge is 0.123 e. The first-order chi connectivity index (χ1) is 8.17. The second kappa shape index (κ2) is 5.07. The summed E-state index contributed by atoms with van der Waals surface area (Å²) in [4.78, 5) is 0. The van der Waals surface area contributed by atoms with Gasteiger partial charge in [-0.3, -0.25) is 0 Å². The highest BCUT2D eigenvalue weighted by molar-refractivity contribution is 9.10. The molecule has 3 heteroatoms. The Bertz CT molecular complexity index is 537. The number of fused-ring (bicyclic) bond motifs is 1. The third-order valence-corrected chi connectivity index (χ3v) is 3.46. The summed E-state index contributed by atoms with van der Waals surface area (Å²) < 4.78 is 6.44. The van der Waals surface area contributed by atoms with Crippen LogP contribution >= 0.6 is 15.9 Å². The van der Waals surface area contributed by atoms with Crippen molar-refractivity contribution in [2.45, 2.75) is 12.8 Å². The molecule has 0 saturated heterocycles. The first kappa shape index (κ1) is 12.4. The number of hydrogen-bond donors (Lipinski definition) is 1. The van der Waals surface area contributed by atoms with E-state index >= 15 is 0 Å². The lowest BCUT2D eigenvalue weighted by Crippen LogP contribution is -2.02. The van der Waals surface area contributed by atoms with E-state index in [0.29, 0.717) is 0 Å². The predicted molar refractivity (Wildman–Crippen MR) is 73.7 cm³/mol. The molecule has 0 radical (unpaired) electrons. The summed E-state index contributed by atoms with van der Waals surface area (Å²) in [5.41, 5.74) is 1.07. The van der Waals surface area contributed by atoms with Gasteiger partial charge in [-0.1, -0.05) is 35.0 Å². The lowest BCUT2D eigenvalue weighted by Gasteiger charge is -2.16. The first-order valence-electron chi connectivity index (χ1n) is 5.54. The van der Waals surface area contributed by atoms with Crippen molar-refractivity contribution in [3.8, 4) is 5.75 Å². The van der Waals surface area contributed by atoms with Gasteiger partial charge in [0, 0.05) is 22.6 Å². The molecule has 2 aromatic carbocycles. The topological polar surface area (TPSA) is 29.5 Å². The van der Waals surface area contributed by atoms with E-state index in [0.717, 1.165) is 26.6 Å². The van der Waals surface area contributed by atoms with Gasteiger partial charge in [0.15, 0.2) is 0 Å². The molecule has 1 unspecified atom stereocenters. The molecule has 90 valence electrons. The summed E-state index contributed by atoms with van der Waals surface area (Å²) in [6, 6.07) is 10.1. The standard InChI is InChI=1S/C14H15BrO2/c1-9(8-16)14-12-5-4-11(15)7-10(12)3-6-13(14)17-2/h3-7,9,16H,8H2,1-2H3. The molecule has 17 heavy (non-hydrogen) atoms. The molecular formula is C14H15BrO2. The maximum atomic E-state index is 9.36. The van der Waals surface area contributed by atoms with E-state index in [4.69, 9.17) is 4.74 Å². The van der Waals surface area contributed by atoms with Crippen LogP contribution in [0.2, 0.25) is 0 Å². The van der Waals surface area contributed by atoms with Crippen molar-refractivity contribution < 1.29 is 9.84 Å². The molecule has 0 spiro atoms. The largest absolute Gasteiger partial charge is 0.496 e. The molecule has 1 atom stereocenters. The third kappa shape index (κ3) is 2.31. The van der Waals surface area contributed by atoms with E-state index in [1.807, 2.05) is 25.1 Å². The first-order valence-corrected chi connectivity index (χ1v) is 6.33. The molecule has 1 N–H and O–H groups in total. The number of ether oxygens (including phenoxy) is 1. The van der Waals surface area contributed by atoms with Crippen molar-refractivity contribution in [3.05, 3.63) is 40.4 Å². The molecule has 2 rings (SSSR count). The predicted octanol–water partition coefficient (Wildman–Crippen LogP) is 3.71. The lowest BCUT2D eigenvalue weighted by atomic mass is 9.94. The Balaban J connectivity index is 2.74. The molecule has 0 aliphatic heterocycles. The van der Waals surface area contributed by atoms with Crippen LogP contribution in [0.5, 0.6) is 5.75 Å². The summed E-state index contributed by atoms with van der Waals surface area (Å²) in [6.07, 6.45) is 0. The van der Waals surface area contributed by atoms with Crippen molar-refractivity contribution >= 4 is 26.7 Å². The molecule has 0 bridgehead atoms. The fourth-order valence-corrected chi connectivity index (χ4v) is 2.46. The van der Waals surface area contributed by atoms with Gasteiger partial charge in [0.2, 0.25) is 0 Å². The summed E-state index contributed by atoms with van der Waals surface area (Å²) >= 11 is 3.47. The fourth-order valence-electron chi connectivity index (χ4n) is 2.08. The van der Waals surface area contributed by atoms with Gasteiger partial charge in [-0.05, 0) is 29.0 Å². The van der Waals surface area contributed by atoms with Crippen LogP contribution in [-0.2, 0) is 0 Å². The number of benzene rings is 2. The van der Waals surface area contributed by atoms with E-state index < -0.39 is 0 Å². The average Bonchev–Trinajstić information content (AvgIpc) is 2.36. The van der Waals surface area contributed by atoms with Gasteiger partial charge in [0.25, 0.3) is 0 Å². The van der Waals surface area contributed by atoms with Crippen molar-refractivity contribution in [2.24, 2.45) is 0 Å². The quantitative estimate of drug-likeness (QED) is 0.935. The minimum absolute atomic E-state index is 0.0647. The number of methoxy groups -OCH3 is 1. The number of aliphatic hydroxyl groups is 1. The highest BCUT2D eigenvalue weighted by atomic mass is 79.9. The van der Waals surface area contributed by atoms with E-state index in [1.165, 1.54) is 0 Å². The monoisotopic (exact) mass is 294 g/mol. The van der Waals surface area contributed by atoms with Crippen LogP contribution in [0.25, 0.3) is 10.8 Å². The van der Waals surface area contributed by atoms with Crippen LogP contribution in [0.3, 0.4) is 0 Å². The van der Waals surface area contributed by atoms with E-state index in [1.54, 1.807) is 7.11 Å². The maximum absolute atomic E-state index is 9.36. The Morgan fingerprint density at radius 1 is 1.29 bits per heavy atom. The van der Waals surface area contributed by atoms with Gasteiger partial charge in [-0.15, -0.1) is 0 Å². The molecular weight excluding hydrogens is 280 g/mol. The Kier molecular flexibility index (Phi) is 3.69. The van der Waals surface area contributed by atoms with Crippen LogP contribution < -0.4 is 4.74 Å². The van der Waals surface area contributed by atoms with Crippen molar-refractivity contribution in [1.29, 1.82) is 0 Å². The summed E-state index contributed by atoms with van der Waals surface area (Å²) in [7, 11) is 1.66. The van der Waals surface area contributed by atoms with E-state index in [2.05, 4.69) is 28.1 Å². The molecule has 0 aliphatic rings. The van der Waals surface area contributed by atoms with Crippen molar-refractivity contribution in [3.63, 3.8) is 0 Å². The van der Waals surface area contributed by atoms with Gasteiger partial charge < -0.3 is 9.84 Å². The molecule has 0 amide bonds. The summed E-state index contributed by atoms with van der Waals surface area (Å²) in [6.45, 7) is 2.12. The molecule has 0 aromatic heterocycles. The second-order valence-corrected chi connectivity index (χ2v) is 5.05. The average molecular weight is 295 g/mol. The zero-order chi connectivity index (χ0) is 12.4. The van der Waals surface area contributed by atoms with Crippen LogP contribution in [0.15, 0.2) is 34.8 Å². The van der Waals surface area contributed by atoms with Gasteiger partial charge in [0.05, 0.1) is 7.11 Å². The van der Waals surface area contributed by atoms with Crippen LogP contribution in [0.1, 0.15) is 18.4 Å². The lowest BCUT2D eigenvalue weighted by molar-refractivity contribution is 0.270. The maximum Gasteiger partial charge on any atom is 0.123 e. The second-order valence-electron chi connectivity index (χ2n) is 4.13. The van der Waals surface area contributed by atoms with Crippen molar-refractivity contribution in [2.75, 3.05) is 13.7 Å². The van der Waals surface area contributed by atoms with Gasteiger partial charge in [-0.25, -0.2) is 0 Å². The SMILES string of the molecule is COc1ccc2cc(Br)ccc2c1C(C)CO. The van der Waals surface area contributed by atoms with Gasteiger partial charge in [-0.2, -0.15) is 0 Å². The molecule has 0 aliphatic carbocycles. The van der Waals surface area contributed by atoms with E-state index in [9.17, 15) is 5.11 Å². The molecule has 2 aromatic rings. The normalized spacial score (nSPS) is 12.7. The Morgan fingerprint density at radius 2 is 2.06 bits per heavy atom. The molecule has 0 saturated carbocycles. The third-order valence-electron chi connectivity index (χ3n) is 2.97. The Morgan fingerprint density at radius 3 is 2.71 bits per heavy atom. The Labute approximate surface area is 109 Å². The minimum Gasteiger partial charge on any atom is -0.496 e. The zero-order valence-corrected chi connectivity index (χ0v) is 11.5. The number of halogens is 1. The van der Waals surface area contributed by atoms with Gasteiger partial charge >= 0.3 is 0 Å². The fraction of sp³-hybridized carbons (Fsp3) is 0.286. The van der Waals surface area contributed by atoms with E-state index in [-0.39, 0.29) is 12.5 Å². The molecule has 0 fully saturated rings. The van der Waals surface area contributed by atoms with Crippen LogP contribution in [0, 0.1) is 0 Å². The van der Waals surface area contributed by atoms with Crippen molar-refractivity contribution in [1.82, 2.24) is 0 Å². The molecule has 2 nitrogen and oxygen atoms in total. The summed E-state index contributed by atoms with van der Waals surface area (Å²) in [5, 5.41) is 11.6. The van der Waals surface area contributed by atoms with Gasteiger partial charge in [0.1, 0.15) is 5.75 Å².